The molecule has 0 aliphatic carbocycles. The Kier molecular flexibility index (Phi) is 6.58. The summed E-state index contributed by atoms with van der Waals surface area (Å²) < 4.78 is 40.1. The first-order valence-electron chi connectivity index (χ1n) is 11.2. The minimum atomic E-state index is -4.43. The number of nitrogens with one attached hydrogen (secondary N) is 1. The Labute approximate surface area is 196 Å². The summed E-state index contributed by atoms with van der Waals surface area (Å²) in [6.45, 7) is 4.88. The van der Waals surface area contributed by atoms with Crippen LogP contribution in [0.15, 0.2) is 42.9 Å². The number of hydrogen-bond acceptors (Lipinski definition) is 5. The summed E-state index contributed by atoms with van der Waals surface area (Å²) in [7, 11) is 1.82. The normalized spacial score (nSPS) is 18.7. The molecule has 10 heteroatoms. The summed E-state index contributed by atoms with van der Waals surface area (Å²) in [5.41, 5.74) is 1.85. The molecule has 34 heavy (non-hydrogen) atoms. The first-order valence-corrected chi connectivity index (χ1v) is 11.2. The molecule has 1 aliphatic heterocycles. The first kappa shape index (κ1) is 23.7. The highest BCUT2D eigenvalue weighted by Gasteiger charge is 2.34. The molecule has 0 aromatic carbocycles. The van der Waals surface area contributed by atoms with E-state index in [0.717, 1.165) is 41.9 Å². The lowest BCUT2D eigenvalue weighted by molar-refractivity contribution is -0.137. The number of alkyl halides is 3. The quantitative estimate of drug-likeness (QED) is 0.589. The highest BCUT2D eigenvalue weighted by Crippen LogP contribution is 2.30. The number of rotatable bonds is 5. The lowest BCUT2D eigenvalue weighted by Gasteiger charge is -2.40. The van der Waals surface area contributed by atoms with Gasteiger partial charge in [-0.25, -0.2) is 9.97 Å². The Hall–Kier alpha value is -3.43. The minimum absolute atomic E-state index is 0.158. The maximum Gasteiger partial charge on any atom is 0.417 e. The molecule has 4 heterocycles. The van der Waals surface area contributed by atoms with Gasteiger partial charge in [-0.2, -0.15) is 18.3 Å². The summed E-state index contributed by atoms with van der Waals surface area (Å²) >= 11 is 0. The van der Waals surface area contributed by atoms with Crippen molar-refractivity contribution in [3.63, 3.8) is 0 Å². The van der Waals surface area contributed by atoms with Crippen molar-refractivity contribution in [3.05, 3.63) is 59.8 Å². The van der Waals surface area contributed by atoms with E-state index in [-0.39, 0.29) is 17.9 Å². The maximum absolute atomic E-state index is 13.7. The van der Waals surface area contributed by atoms with E-state index in [2.05, 4.69) is 27.3 Å². The number of nitrogens with zero attached hydrogens (tertiary/aromatic N) is 5. The van der Waals surface area contributed by atoms with Gasteiger partial charge in [0.25, 0.3) is 5.91 Å². The molecular weight excluding hydrogens is 445 g/mol. The number of pyridine rings is 2. The fourth-order valence-corrected chi connectivity index (χ4v) is 4.34. The lowest BCUT2D eigenvalue weighted by atomic mass is 9.90. The summed E-state index contributed by atoms with van der Waals surface area (Å²) in [4.78, 5) is 24.0. The van der Waals surface area contributed by atoms with E-state index in [9.17, 15) is 18.0 Å². The van der Waals surface area contributed by atoms with Crippen LogP contribution >= 0.6 is 0 Å². The van der Waals surface area contributed by atoms with Crippen LogP contribution in [0.2, 0.25) is 0 Å². The van der Waals surface area contributed by atoms with Gasteiger partial charge in [-0.05, 0) is 43.9 Å². The van der Waals surface area contributed by atoms with E-state index in [1.165, 1.54) is 6.07 Å². The standard InChI is InChI=1S/C24H27F3N6O/c1-15-5-4-10-33(20(15)13-29-21-9-7-18(12-28-21)24(25,26)27)23(34)22-19(8-6-16(2)31-22)17-11-30-32(3)14-17/h6-9,11-12,14-15,20H,4-5,10,13H2,1-3H3,(H,28,29). The fourth-order valence-electron chi connectivity index (χ4n) is 4.34. The van der Waals surface area contributed by atoms with Crippen molar-refractivity contribution in [2.24, 2.45) is 13.0 Å². The Morgan fingerprint density at radius 2 is 2.00 bits per heavy atom. The van der Waals surface area contributed by atoms with Crippen molar-refractivity contribution in [3.8, 4) is 11.1 Å². The van der Waals surface area contributed by atoms with Crippen LogP contribution in [0.4, 0.5) is 19.0 Å². The molecule has 0 radical (unpaired) electrons. The van der Waals surface area contributed by atoms with Gasteiger partial charge in [0, 0.05) is 49.4 Å². The summed E-state index contributed by atoms with van der Waals surface area (Å²) in [5, 5.41) is 7.33. The van der Waals surface area contributed by atoms with Gasteiger partial charge in [-0.3, -0.25) is 9.48 Å². The van der Waals surface area contributed by atoms with Crippen LogP contribution in [0.25, 0.3) is 11.1 Å². The molecule has 1 fully saturated rings. The van der Waals surface area contributed by atoms with E-state index < -0.39 is 11.7 Å². The molecule has 1 saturated heterocycles. The topological polar surface area (TPSA) is 75.9 Å². The molecule has 2 atom stereocenters. The number of carbonyl (C=O) groups excluding carboxylic acids is 1. The number of carbonyl (C=O) groups is 1. The van der Waals surface area contributed by atoms with Gasteiger partial charge in [-0.1, -0.05) is 13.0 Å². The van der Waals surface area contributed by atoms with Crippen LogP contribution in [0.5, 0.6) is 0 Å². The van der Waals surface area contributed by atoms with Gasteiger partial charge in [0.15, 0.2) is 0 Å². The van der Waals surface area contributed by atoms with Crippen molar-refractivity contribution in [1.82, 2.24) is 24.6 Å². The van der Waals surface area contributed by atoms with Crippen molar-refractivity contribution in [1.29, 1.82) is 0 Å². The van der Waals surface area contributed by atoms with Crippen molar-refractivity contribution in [2.75, 3.05) is 18.4 Å². The molecule has 4 rings (SSSR count). The number of aromatic nitrogens is 4. The van der Waals surface area contributed by atoms with Gasteiger partial charge in [0.05, 0.1) is 17.8 Å². The Morgan fingerprint density at radius 3 is 2.65 bits per heavy atom. The molecule has 0 bridgehead atoms. The summed E-state index contributed by atoms with van der Waals surface area (Å²) in [6, 6.07) is 5.91. The zero-order chi connectivity index (χ0) is 24.5. The van der Waals surface area contributed by atoms with E-state index in [4.69, 9.17) is 0 Å². The SMILES string of the molecule is Cc1ccc(-c2cnn(C)c2)c(C(=O)N2CCCC(C)C2CNc2ccc(C(F)(F)F)cn2)n1. The van der Waals surface area contributed by atoms with E-state index in [1.807, 2.05) is 37.2 Å². The minimum Gasteiger partial charge on any atom is -0.368 e. The molecule has 0 spiro atoms. The van der Waals surface area contributed by atoms with Gasteiger partial charge in [0.2, 0.25) is 0 Å². The maximum atomic E-state index is 13.7. The monoisotopic (exact) mass is 472 g/mol. The number of hydrogen-bond donors (Lipinski definition) is 1. The largest absolute Gasteiger partial charge is 0.417 e. The van der Waals surface area contributed by atoms with Crippen LogP contribution in [-0.2, 0) is 13.2 Å². The smallest absolute Gasteiger partial charge is 0.368 e. The molecular formula is C24H27F3N6O. The third-order valence-corrected chi connectivity index (χ3v) is 6.21. The zero-order valence-electron chi connectivity index (χ0n) is 19.3. The van der Waals surface area contributed by atoms with E-state index >= 15 is 0 Å². The van der Waals surface area contributed by atoms with Crippen molar-refractivity contribution < 1.29 is 18.0 Å². The second kappa shape index (κ2) is 9.44. The van der Waals surface area contributed by atoms with Crippen molar-refractivity contribution >= 4 is 11.7 Å². The number of halogens is 3. The van der Waals surface area contributed by atoms with E-state index in [1.54, 1.807) is 10.9 Å². The van der Waals surface area contributed by atoms with Gasteiger partial charge < -0.3 is 10.2 Å². The number of anilines is 1. The second-order valence-electron chi connectivity index (χ2n) is 8.75. The third-order valence-electron chi connectivity index (χ3n) is 6.21. The third kappa shape index (κ3) is 5.05. The molecule has 2 unspecified atom stereocenters. The summed E-state index contributed by atoms with van der Waals surface area (Å²) in [6.07, 6.45) is 1.75. The molecule has 3 aromatic heterocycles. The van der Waals surface area contributed by atoms with Crippen LogP contribution in [0.1, 0.15) is 41.5 Å². The fraction of sp³-hybridized carbons (Fsp3) is 0.417. The highest BCUT2D eigenvalue weighted by atomic mass is 19.4. The first-order chi connectivity index (χ1) is 16.1. The number of likely N-dealkylation sites (tertiary alicyclic amines) is 1. The van der Waals surface area contributed by atoms with Gasteiger partial charge in [-0.15, -0.1) is 0 Å². The predicted octanol–water partition coefficient (Wildman–Crippen LogP) is 4.56. The van der Waals surface area contributed by atoms with Crippen molar-refractivity contribution in [2.45, 2.75) is 38.9 Å². The molecule has 0 saturated carbocycles. The number of piperidine rings is 1. The predicted molar refractivity (Wildman–Crippen MR) is 122 cm³/mol. The van der Waals surface area contributed by atoms with Crippen LogP contribution in [-0.4, -0.2) is 49.7 Å². The molecule has 1 amide bonds. The average Bonchev–Trinajstić information content (AvgIpc) is 3.23. The molecule has 180 valence electrons. The Bertz CT molecular complexity index is 1160. The Morgan fingerprint density at radius 1 is 1.21 bits per heavy atom. The highest BCUT2D eigenvalue weighted by molar-refractivity contribution is 5.99. The summed E-state index contributed by atoms with van der Waals surface area (Å²) in [5.74, 6) is 0.371. The molecule has 1 aliphatic rings. The molecule has 3 aromatic rings. The lowest BCUT2D eigenvalue weighted by Crippen LogP contribution is -2.51. The average molecular weight is 473 g/mol. The van der Waals surface area contributed by atoms with Crippen LogP contribution in [0, 0.1) is 12.8 Å². The second-order valence-corrected chi connectivity index (χ2v) is 8.75. The zero-order valence-corrected chi connectivity index (χ0v) is 19.3. The van der Waals surface area contributed by atoms with Crippen LogP contribution < -0.4 is 5.32 Å². The number of amides is 1. The van der Waals surface area contributed by atoms with E-state index in [0.29, 0.717) is 24.6 Å². The Balaban J connectivity index is 1.57. The van der Waals surface area contributed by atoms with Crippen LogP contribution in [0.3, 0.4) is 0 Å². The van der Waals surface area contributed by atoms with Gasteiger partial charge in [0.1, 0.15) is 11.5 Å². The van der Waals surface area contributed by atoms with Gasteiger partial charge >= 0.3 is 6.18 Å². The number of aryl methyl sites for hydroxylation is 2. The molecule has 7 nitrogen and oxygen atoms in total. The molecule has 1 N–H and O–H groups in total.